The molecule has 1 N–H and O–H groups in total. The van der Waals surface area contributed by atoms with Gasteiger partial charge in [0.1, 0.15) is 5.76 Å². The van der Waals surface area contributed by atoms with Crippen LogP contribution < -0.4 is 5.32 Å². The maximum atomic E-state index is 5.21. The zero-order chi connectivity index (χ0) is 8.97. The minimum absolute atomic E-state index is 0.898. The summed E-state index contributed by atoms with van der Waals surface area (Å²) in [6, 6.07) is 0. The second-order valence-corrected chi connectivity index (χ2v) is 2.82. The van der Waals surface area contributed by atoms with Crippen LogP contribution in [0.1, 0.15) is 13.3 Å². The first-order valence-corrected chi connectivity index (χ1v) is 4.07. The van der Waals surface area contributed by atoms with Crippen molar-refractivity contribution in [1.82, 2.24) is 5.32 Å². The van der Waals surface area contributed by atoms with E-state index in [2.05, 4.69) is 24.4 Å². The van der Waals surface area contributed by atoms with E-state index in [0.29, 0.717) is 0 Å². The monoisotopic (exact) mass is 165 g/mol. The number of hydrogen-bond donors (Lipinski definition) is 1. The molecule has 0 fully saturated rings. The second-order valence-electron chi connectivity index (χ2n) is 2.82. The van der Waals surface area contributed by atoms with Crippen LogP contribution in [0.2, 0.25) is 0 Å². The van der Waals surface area contributed by atoms with Gasteiger partial charge in [-0.3, -0.25) is 0 Å². The third-order valence-corrected chi connectivity index (χ3v) is 1.90. The summed E-state index contributed by atoms with van der Waals surface area (Å²) in [5, 5.41) is 3.10. The Morgan fingerprint density at radius 2 is 2.17 bits per heavy atom. The molecule has 12 heavy (non-hydrogen) atoms. The summed E-state index contributed by atoms with van der Waals surface area (Å²) in [7, 11) is 3.59. The molecule has 0 amide bonds. The third kappa shape index (κ3) is 1.91. The molecule has 0 aliphatic heterocycles. The van der Waals surface area contributed by atoms with Crippen molar-refractivity contribution in [3.05, 3.63) is 35.3 Å². The minimum Gasteiger partial charge on any atom is -0.495 e. The van der Waals surface area contributed by atoms with Gasteiger partial charge in [-0.05, 0) is 19.4 Å². The van der Waals surface area contributed by atoms with E-state index in [0.717, 1.165) is 17.9 Å². The second kappa shape index (κ2) is 4.00. The van der Waals surface area contributed by atoms with Crippen molar-refractivity contribution in [1.29, 1.82) is 0 Å². The molecule has 2 heteroatoms. The van der Waals surface area contributed by atoms with Crippen molar-refractivity contribution in [2.24, 2.45) is 0 Å². The molecule has 0 saturated carbocycles. The standard InChI is InChI=1S/C10H15NO/c1-8-4-6-9(11-2)10(12-3)7-5-8/h5-7,11H,4H2,1-3H3. The van der Waals surface area contributed by atoms with Crippen LogP contribution in [0.25, 0.3) is 0 Å². The quantitative estimate of drug-likeness (QED) is 0.675. The molecule has 0 heterocycles. The molecule has 0 saturated heterocycles. The Labute approximate surface area is 73.6 Å². The summed E-state index contributed by atoms with van der Waals surface area (Å²) in [6.45, 7) is 2.11. The first-order valence-electron chi connectivity index (χ1n) is 4.07. The fraction of sp³-hybridized carbons (Fsp3) is 0.400. The number of likely N-dealkylation sites (N-methyl/N-ethyl adjacent to an activating group) is 1. The van der Waals surface area contributed by atoms with Crippen molar-refractivity contribution in [3.63, 3.8) is 0 Å². The topological polar surface area (TPSA) is 21.3 Å². The number of nitrogens with one attached hydrogen (secondary N) is 1. The summed E-state index contributed by atoms with van der Waals surface area (Å²) in [6.07, 6.45) is 7.19. The van der Waals surface area contributed by atoms with Crippen molar-refractivity contribution in [2.75, 3.05) is 14.2 Å². The van der Waals surface area contributed by atoms with Crippen LogP contribution in [0, 0.1) is 0 Å². The Kier molecular flexibility index (Phi) is 2.97. The molecule has 66 valence electrons. The molecule has 2 nitrogen and oxygen atoms in total. The smallest absolute Gasteiger partial charge is 0.141 e. The molecule has 1 aliphatic carbocycles. The van der Waals surface area contributed by atoms with Crippen LogP contribution in [0.5, 0.6) is 0 Å². The number of ether oxygens (including phenoxy) is 1. The molecule has 1 rings (SSSR count). The summed E-state index contributed by atoms with van der Waals surface area (Å²) < 4.78 is 5.21. The van der Waals surface area contributed by atoms with Gasteiger partial charge in [0.15, 0.2) is 0 Å². The normalized spacial score (nSPS) is 17.1. The highest BCUT2D eigenvalue weighted by Crippen LogP contribution is 2.15. The molecular formula is C10H15NO. The molecular weight excluding hydrogens is 150 g/mol. The van der Waals surface area contributed by atoms with Gasteiger partial charge in [-0.2, -0.15) is 0 Å². The van der Waals surface area contributed by atoms with Crippen LogP contribution in [-0.4, -0.2) is 14.2 Å². The number of methoxy groups -OCH3 is 1. The Morgan fingerprint density at radius 3 is 2.75 bits per heavy atom. The van der Waals surface area contributed by atoms with Gasteiger partial charge in [0.25, 0.3) is 0 Å². The minimum atomic E-state index is 0.898. The fourth-order valence-corrected chi connectivity index (χ4v) is 1.14. The van der Waals surface area contributed by atoms with Crippen LogP contribution in [0.3, 0.4) is 0 Å². The lowest BCUT2D eigenvalue weighted by Gasteiger charge is -2.08. The predicted molar refractivity (Wildman–Crippen MR) is 50.6 cm³/mol. The third-order valence-electron chi connectivity index (χ3n) is 1.90. The van der Waals surface area contributed by atoms with Gasteiger partial charge in [-0.15, -0.1) is 0 Å². The zero-order valence-corrected chi connectivity index (χ0v) is 7.85. The maximum absolute atomic E-state index is 5.21. The first-order chi connectivity index (χ1) is 5.77. The summed E-state index contributed by atoms with van der Waals surface area (Å²) >= 11 is 0. The van der Waals surface area contributed by atoms with Crippen LogP contribution >= 0.6 is 0 Å². The molecule has 0 aromatic carbocycles. The number of allylic oxidation sites excluding steroid dienone is 4. The van der Waals surface area contributed by atoms with Gasteiger partial charge >= 0.3 is 0 Å². The Hall–Kier alpha value is -1.18. The predicted octanol–water partition coefficient (Wildman–Crippen LogP) is 1.97. The van der Waals surface area contributed by atoms with E-state index in [4.69, 9.17) is 4.74 Å². The van der Waals surface area contributed by atoms with Gasteiger partial charge in [0.2, 0.25) is 0 Å². The molecule has 0 atom stereocenters. The molecule has 0 aromatic heterocycles. The maximum Gasteiger partial charge on any atom is 0.141 e. The summed E-state index contributed by atoms with van der Waals surface area (Å²) in [5.74, 6) is 0.898. The van der Waals surface area contributed by atoms with E-state index >= 15 is 0 Å². The van der Waals surface area contributed by atoms with Gasteiger partial charge in [-0.1, -0.05) is 17.7 Å². The number of rotatable bonds is 2. The van der Waals surface area contributed by atoms with E-state index in [1.165, 1.54) is 5.57 Å². The van der Waals surface area contributed by atoms with Gasteiger partial charge in [0.05, 0.1) is 12.8 Å². The van der Waals surface area contributed by atoms with Crippen molar-refractivity contribution < 1.29 is 4.74 Å². The van der Waals surface area contributed by atoms with Crippen LogP contribution in [0.15, 0.2) is 35.3 Å². The molecule has 1 aliphatic rings. The van der Waals surface area contributed by atoms with Gasteiger partial charge in [0, 0.05) is 7.05 Å². The molecule has 0 aromatic rings. The van der Waals surface area contributed by atoms with Gasteiger partial charge < -0.3 is 10.1 Å². The van der Waals surface area contributed by atoms with Crippen LogP contribution in [-0.2, 0) is 4.74 Å². The van der Waals surface area contributed by atoms with E-state index in [9.17, 15) is 0 Å². The Morgan fingerprint density at radius 1 is 1.42 bits per heavy atom. The number of hydrogen-bond acceptors (Lipinski definition) is 2. The lowest BCUT2D eigenvalue weighted by atomic mass is 10.2. The average Bonchev–Trinajstić information content (AvgIpc) is 2.27. The van der Waals surface area contributed by atoms with E-state index in [1.54, 1.807) is 7.11 Å². The lowest BCUT2D eigenvalue weighted by molar-refractivity contribution is 0.297. The summed E-state index contributed by atoms with van der Waals surface area (Å²) in [4.78, 5) is 0. The SMILES string of the molecule is CNC1=CCC(C)=CC=C1OC. The average molecular weight is 165 g/mol. The fourth-order valence-electron chi connectivity index (χ4n) is 1.14. The lowest BCUT2D eigenvalue weighted by Crippen LogP contribution is -2.09. The van der Waals surface area contributed by atoms with Crippen molar-refractivity contribution >= 4 is 0 Å². The molecule has 0 radical (unpaired) electrons. The van der Waals surface area contributed by atoms with Crippen LogP contribution in [0.4, 0.5) is 0 Å². The molecule has 0 spiro atoms. The van der Waals surface area contributed by atoms with Gasteiger partial charge in [-0.25, -0.2) is 0 Å². The van der Waals surface area contributed by atoms with E-state index in [-0.39, 0.29) is 0 Å². The highest BCUT2D eigenvalue weighted by molar-refractivity contribution is 5.33. The largest absolute Gasteiger partial charge is 0.495 e. The highest BCUT2D eigenvalue weighted by atomic mass is 16.5. The summed E-state index contributed by atoms with van der Waals surface area (Å²) in [5.41, 5.74) is 2.40. The van der Waals surface area contributed by atoms with Crippen molar-refractivity contribution in [2.45, 2.75) is 13.3 Å². The van der Waals surface area contributed by atoms with E-state index in [1.807, 2.05) is 13.1 Å². The highest BCUT2D eigenvalue weighted by Gasteiger charge is 2.04. The van der Waals surface area contributed by atoms with Crippen molar-refractivity contribution in [3.8, 4) is 0 Å². The molecule has 0 bridgehead atoms. The zero-order valence-electron chi connectivity index (χ0n) is 7.85. The van der Waals surface area contributed by atoms with E-state index < -0.39 is 0 Å². The first kappa shape index (κ1) is 8.91. The molecule has 0 unspecified atom stereocenters. The Balaban J connectivity index is 2.89. The Bertz CT molecular complexity index is 249.